The van der Waals surface area contributed by atoms with Gasteiger partial charge in [0.25, 0.3) is 5.91 Å². The fourth-order valence-corrected chi connectivity index (χ4v) is 3.41. The van der Waals surface area contributed by atoms with E-state index in [0.29, 0.717) is 41.0 Å². The van der Waals surface area contributed by atoms with Crippen molar-refractivity contribution in [2.75, 3.05) is 0 Å². The number of halogens is 3. The second-order valence-corrected chi connectivity index (χ2v) is 6.59. The van der Waals surface area contributed by atoms with Gasteiger partial charge in [-0.3, -0.25) is 13.8 Å². The molecule has 0 saturated heterocycles. The number of aromatic nitrogens is 4. The van der Waals surface area contributed by atoms with Crippen LogP contribution in [0, 0.1) is 6.92 Å². The molecule has 144 valence electrons. The maximum atomic E-state index is 13.5. The molecule has 0 amide bonds. The maximum Gasteiger partial charge on any atom is 0.417 e. The monoisotopic (exact) mass is 386 g/mol. The molecule has 8 heteroatoms. The van der Waals surface area contributed by atoms with Crippen molar-refractivity contribution in [1.82, 2.24) is 18.9 Å². The minimum absolute atomic E-state index is 0.134. The molecule has 1 aromatic carbocycles. The highest BCUT2D eigenvalue weighted by molar-refractivity contribution is 6.02. The molecule has 0 fully saturated rings. The van der Waals surface area contributed by atoms with Crippen LogP contribution in [-0.2, 0) is 12.6 Å². The van der Waals surface area contributed by atoms with E-state index in [0.717, 1.165) is 12.3 Å². The van der Waals surface area contributed by atoms with Crippen LogP contribution < -0.4 is 0 Å². The number of aryl methyl sites for hydroxylation is 2. The third-order valence-electron chi connectivity index (χ3n) is 4.64. The highest BCUT2D eigenvalue weighted by Gasteiger charge is 2.32. The van der Waals surface area contributed by atoms with Crippen LogP contribution in [0.25, 0.3) is 16.7 Å². The third-order valence-corrected chi connectivity index (χ3v) is 4.64. The normalized spacial score (nSPS) is 12.2. The van der Waals surface area contributed by atoms with Crippen molar-refractivity contribution < 1.29 is 18.0 Å². The van der Waals surface area contributed by atoms with E-state index >= 15 is 0 Å². The van der Waals surface area contributed by atoms with Gasteiger partial charge < -0.3 is 0 Å². The Morgan fingerprint density at radius 3 is 2.57 bits per heavy atom. The van der Waals surface area contributed by atoms with Crippen LogP contribution >= 0.6 is 0 Å². The summed E-state index contributed by atoms with van der Waals surface area (Å²) < 4.78 is 42.3. The molecule has 0 bridgehead atoms. The number of hydrogen-bond acceptors (Lipinski definition) is 3. The number of pyridine rings is 1. The smallest absolute Gasteiger partial charge is 0.295 e. The van der Waals surface area contributed by atoms with E-state index in [2.05, 4.69) is 9.97 Å². The van der Waals surface area contributed by atoms with Gasteiger partial charge in [-0.05, 0) is 37.6 Å². The zero-order valence-electron chi connectivity index (χ0n) is 15.3. The first kappa shape index (κ1) is 18.2. The van der Waals surface area contributed by atoms with Gasteiger partial charge in [0.05, 0.1) is 22.3 Å². The van der Waals surface area contributed by atoms with E-state index in [9.17, 15) is 18.0 Å². The number of alkyl halides is 3. The summed E-state index contributed by atoms with van der Waals surface area (Å²) in [4.78, 5) is 22.3. The Kier molecular flexibility index (Phi) is 4.21. The lowest BCUT2D eigenvalue weighted by molar-refractivity contribution is -0.137. The molecule has 0 aliphatic rings. The molecule has 0 radical (unpaired) electrons. The van der Waals surface area contributed by atoms with Crippen LogP contribution in [-0.4, -0.2) is 24.8 Å². The van der Waals surface area contributed by atoms with E-state index in [4.69, 9.17) is 0 Å². The van der Waals surface area contributed by atoms with Gasteiger partial charge >= 0.3 is 6.18 Å². The van der Waals surface area contributed by atoms with Crippen molar-refractivity contribution >= 4 is 22.6 Å². The van der Waals surface area contributed by atoms with Crippen LogP contribution in [0.15, 0.2) is 42.6 Å². The SMILES string of the molecule is CCCc1nc2ccc(C(F)(F)F)cn2c1C(=O)n1c(C)nc2ccccc21. The number of carbonyl (C=O) groups excluding carboxylic acids is 1. The van der Waals surface area contributed by atoms with Gasteiger partial charge in [-0.25, -0.2) is 9.97 Å². The summed E-state index contributed by atoms with van der Waals surface area (Å²) in [5.74, 6) is 0.0250. The Hall–Kier alpha value is -3.16. The molecule has 0 spiro atoms. The molecule has 0 saturated carbocycles. The Morgan fingerprint density at radius 1 is 1.11 bits per heavy atom. The third kappa shape index (κ3) is 2.85. The molecule has 5 nitrogen and oxygen atoms in total. The summed E-state index contributed by atoms with van der Waals surface area (Å²) in [6, 6.07) is 9.42. The van der Waals surface area contributed by atoms with Crippen LogP contribution in [0.1, 0.15) is 40.9 Å². The molecular formula is C20H17F3N4O. The first-order valence-corrected chi connectivity index (χ1v) is 8.88. The minimum Gasteiger partial charge on any atom is -0.295 e. The average Bonchev–Trinajstić information content (AvgIpc) is 3.16. The van der Waals surface area contributed by atoms with Crippen LogP contribution in [0.4, 0.5) is 13.2 Å². The Balaban J connectivity index is 1.98. The number of rotatable bonds is 3. The Bertz CT molecular complexity index is 1200. The number of carbonyl (C=O) groups is 1. The predicted molar refractivity (Wildman–Crippen MR) is 98.4 cm³/mol. The lowest BCUT2D eigenvalue weighted by Crippen LogP contribution is -2.18. The second kappa shape index (κ2) is 6.47. The number of imidazole rings is 2. The molecule has 3 aromatic heterocycles. The van der Waals surface area contributed by atoms with Crippen LogP contribution in [0.5, 0.6) is 0 Å². The fraction of sp³-hybridized carbons (Fsp3) is 0.250. The molecule has 28 heavy (non-hydrogen) atoms. The van der Waals surface area contributed by atoms with Crippen molar-refractivity contribution in [3.8, 4) is 0 Å². The molecule has 0 aliphatic carbocycles. The summed E-state index contributed by atoms with van der Waals surface area (Å²) in [6.07, 6.45) is -2.39. The average molecular weight is 386 g/mol. The lowest BCUT2D eigenvalue weighted by Gasteiger charge is -2.10. The summed E-state index contributed by atoms with van der Waals surface area (Å²) in [6.45, 7) is 3.62. The first-order chi connectivity index (χ1) is 13.3. The quantitative estimate of drug-likeness (QED) is 0.515. The molecule has 0 aliphatic heterocycles. The molecule has 3 heterocycles. The van der Waals surface area contributed by atoms with Gasteiger partial charge in [-0.1, -0.05) is 25.5 Å². The molecular weight excluding hydrogens is 369 g/mol. The van der Waals surface area contributed by atoms with Gasteiger partial charge in [-0.2, -0.15) is 13.2 Å². The zero-order chi connectivity index (χ0) is 20.1. The van der Waals surface area contributed by atoms with Gasteiger partial charge in [0.15, 0.2) is 0 Å². The number of benzene rings is 1. The fourth-order valence-electron chi connectivity index (χ4n) is 3.41. The van der Waals surface area contributed by atoms with E-state index < -0.39 is 17.6 Å². The number of nitrogens with zero attached hydrogens (tertiary/aromatic N) is 4. The van der Waals surface area contributed by atoms with Crippen molar-refractivity contribution in [2.45, 2.75) is 32.9 Å². The van der Waals surface area contributed by atoms with Gasteiger partial charge in [0, 0.05) is 6.20 Å². The maximum absolute atomic E-state index is 13.5. The van der Waals surface area contributed by atoms with Gasteiger partial charge in [0.1, 0.15) is 17.2 Å². The summed E-state index contributed by atoms with van der Waals surface area (Å²) in [5, 5.41) is 0. The minimum atomic E-state index is -4.51. The largest absolute Gasteiger partial charge is 0.417 e. The van der Waals surface area contributed by atoms with E-state index in [1.54, 1.807) is 25.1 Å². The zero-order valence-corrected chi connectivity index (χ0v) is 15.3. The Morgan fingerprint density at radius 2 is 1.86 bits per heavy atom. The van der Waals surface area contributed by atoms with Crippen LogP contribution in [0.2, 0.25) is 0 Å². The van der Waals surface area contributed by atoms with Gasteiger partial charge in [0.2, 0.25) is 0 Å². The number of hydrogen-bond donors (Lipinski definition) is 0. The topological polar surface area (TPSA) is 52.2 Å². The molecule has 4 aromatic rings. The summed E-state index contributed by atoms with van der Waals surface area (Å²) >= 11 is 0. The van der Waals surface area contributed by atoms with E-state index in [1.165, 1.54) is 15.0 Å². The summed E-state index contributed by atoms with van der Waals surface area (Å²) in [5.41, 5.74) is 1.34. The lowest BCUT2D eigenvalue weighted by atomic mass is 10.2. The van der Waals surface area contributed by atoms with Crippen molar-refractivity contribution in [1.29, 1.82) is 0 Å². The molecule has 0 atom stereocenters. The standard InChI is InChI=1S/C20H17F3N4O/c1-3-6-15-18(26-11-13(20(21,22)23)9-10-17(26)25-15)19(28)27-12(2)24-14-7-4-5-8-16(14)27/h4-5,7-11H,3,6H2,1-2H3. The molecule has 0 unspecified atom stereocenters. The number of para-hydroxylation sites is 2. The van der Waals surface area contributed by atoms with E-state index in [1.807, 2.05) is 13.0 Å². The van der Waals surface area contributed by atoms with Crippen molar-refractivity contribution in [3.05, 3.63) is 65.4 Å². The first-order valence-electron chi connectivity index (χ1n) is 8.88. The highest BCUT2D eigenvalue weighted by atomic mass is 19.4. The van der Waals surface area contributed by atoms with Crippen molar-refractivity contribution in [2.24, 2.45) is 0 Å². The predicted octanol–water partition coefficient (Wildman–Crippen LogP) is 4.65. The van der Waals surface area contributed by atoms with E-state index in [-0.39, 0.29) is 5.69 Å². The molecule has 0 N–H and O–H groups in total. The summed E-state index contributed by atoms with van der Waals surface area (Å²) in [7, 11) is 0. The highest BCUT2D eigenvalue weighted by Crippen LogP contribution is 2.30. The van der Waals surface area contributed by atoms with Crippen molar-refractivity contribution in [3.63, 3.8) is 0 Å². The van der Waals surface area contributed by atoms with Crippen LogP contribution in [0.3, 0.4) is 0 Å². The second-order valence-electron chi connectivity index (χ2n) is 6.59. The number of fused-ring (bicyclic) bond motifs is 2. The molecule has 4 rings (SSSR count). The Labute approximate surface area is 158 Å². The van der Waals surface area contributed by atoms with Gasteiger partial charge in [-0.15, -0.1) is 0 Å².